The minimum atomic E-state index is 0.0601. The highest BCUT2D eigenvalue weighted by Crippen LogP contribution is 2.31. The zero-order valence-electron chi connectivity index (χ0n) is 9.64. The Kier molecular flexibility index (Phi) is 3.29. The molecule has 1 aliphatic carbocycles. The molecule has 1 saturated carbocycles. The average molecular weight is 210 g/mol. The zero-order chi connectivity index (χ0) is 10.7. The number of carbonyl (C=O) groups is 1. The molecule has 2 fully saturated rings. The summed E-state index contributed by atoms with van der Waals surface area (Å²) in [5, 5.41) is 6.53. The van der Waals surface area contributed by atoms with E-state index in [-0.39, 0.29) is 17.5 Å². The van der Waals surface area contributed by atoms with Crippen molar-refractivity contribution in [3.05, 3.63) is 0 Å². The lowest BCUT2D eigenvalue weighted by molar-refractivity contribution is -0.126. The second-order valence-corrected chi connectivity index (χ2v) is 5.26. The van der Waals surface area contributed by atoms with E-state index in [9.17, 15) is 4.79 Å². The van der Waals surface area contributed by atoms with Gasteiger partial charge in [-0.3, -0.25) is 4.79 Å². The third-order valence-electron chi connectivity index (χ3n) is 3.76. The van der Waals surface area contributed by atoms with Crippen LogP contribution in [-0.4, -0.2) is 24.0 Å². The van der Waals surface area contributed by atoms with Gasteiger partial charge >= 0.3 is 0 Å². The van der Waals surface area contributed by atoms with Crippen molar-refractivity contribution >= 4 is 5.91 Å². The van der Waals surface area contributed by atoms with E-state index in [2.05, 4.69) is 17.6 Å². The first-order valence-corrected chi connectivity index (χ1v) is 6.25. The molecule has 3 heteroatoms. The SMILES string of the molecule is CC1(NC(=O)C2CCCCCN2)CCC1. The van der Waals surface area contributed by atoms with Crippen LogP contribution in [0.4, 0.5) is 0 Å². The van der Waals surface area contributed by atoms with Crippen molar-refractivity contribution in [2.75, 3.05) is 6.54 Å². The smallest absolute Gasteiger partial charge is 0.237 e. The monoisotopic (exact) mass is 210 g/mol. The van der Waals surface area contributed by atoms with Crippen LogP contribution >= 0.6 is 0 Å². The molecule has 1 atom stereocenters. The van der Waals surface area contributed by atoms with E-state index < -0.39 is 0 Å². The molecule has 0 radical (unpaired) electrons. The van der Waals surface area contributed by atoms with Gasteiger partial charge < -0.3 is 10.6 Å². The lowest BCUT2D eigenvalue weighted by Gasteiger charge is -2.40. The summed E-state index contributed by atoms with van der Waals surface area (Å²) in [6, 6.07) is 0.0601. The Hall–Kier alpha value is -0.570. The molecule has 2 N–H and O–H groups in total. The van der Waals surface area contributed by atoms with Crippen molar-refractivity contribution in [1.82, 2.24) is 10.6 Å². The van der Waals surface area contributed by atoms with Crippen molar-refractivity contribution in [1.29, 1.82) is 0 Å². The largest absolute Gasteiger partial charge is 0.350 e. The van der Waals surface area contributed by atoms with Crippen molar-refractivity contribution in [2.24, 2.45) is 0 Å². The van der Waals surface area contributed by atoms with Crippen LogP contribution in [0.1, 0.15) is 51.9 Å². The highest BCUT2D eigenvalue weighted by atomic mass is 16.2. The molecule has 0 aromatic rings. The van der Waals surface area contributed by atoms with Crippen LogP contribution in [-0.2, 0) is 4.79 Å². The molecular formula is C12H22N2O. The second-order valence-electron chi connectivity index (χ2n) is 5.26. The molecule has 86 valence electrons. The number of rotatable bonds is 2. The maximum atomic E-state index is 12.0. The van der Waals surface area contributed by atoms with Crippen LogP contribution in [0, 0.1) is 0 Å². The molecule has 1 unspecified atom stereocenters. The molecule has 1 heterocycles. The molecule has 3 nitrogen and oxygen atoms in total. The van der Waals surface area contributed by atoms with Crippen LogP contribution in [0.2, 0.25) is 0 Å². The highest BCUT2D eigenvalue weighted by molar-refractivity contribution is 5.82. The average Bonchev–Trinajstić information content (AvgIpc) is 2.43. The topological polar surface area (TPSA) is 41.1 Å². The Morgan fingerprint density at radius 1 is 1.27 bits per heavy atom. The summed E-state index contributed by atoms with van der Waals surface area (Å²) in [7, 11) is 0. The van der Waals surface area contributed by atoms with E-state index in [1.165, 1.54) is 25.7 Å². The molecule has 1 saturated heterocycles. The molecule has 1 aliphatic heterocycles. The Morgan fingerprint density at radius 2 is 2.07 bits per heavy atom. The molecule has 2 aliphatic rings. The summed E-state index contributed by atoms with van der Waals surface area (Å²) >= 11 is 0. The normalized spacial score (nSPS) is 30.1. The molecule has 2 rings (SSSR count). The van der Waals surface area contributed by atoms with Crippen LogP contribution in [0.15, 0.2) is 0 Å². The molecular weight excluding hydrogens is 188 g/mol. The minimum Gasteiger partial charge on any atom is -0.350 e. The number of amides is 1. The summed E-state index contributed by atoms with van der Waals surface area (Å²) in [5.74, 6) is 0.221. The third-order valence-corrected chi connectivity index (χ3v) is 3.76. The van der Waals surface area contributed by atoms with Crippen molar-refractivity contribution < 1.29 is 4.79 Å². The Bertz CT molecular complexity index is 228. The number of carbonyl (C=O) groups excluding carboxylic acids is 1. The van der Waals surface area contributed by atoms with Gasteiger partial charge in [0, 0.05) is 5.54 Å². The summed E-state index contributed by atoms with van der Waals surface area (Å²) in [4.78, 5) is 12.0. The van der Waals surface area contributed by atoms with Gasteiger partial charge in [0.1, 0.15) is 0 Å². The Balaban J connectivity index is 1.83. The summed E-state index contributed by atoms with van der Waals surface area (Å²) in [5.41, 5.74) is 0.102. The molecule has 0 aromatic heterocycles. The maximum Gasteiger partial charge on any atom is 0.237 e. The summed E-state index contributed by atoms with van der Waals surface area (Å²) < 4.78 is 0. The molecule has 1 amide bonds. The van der Waals surface area contributed by atoms with E-state index in [4.69, 9.17) is 0 Å². The lowest BCUT2D eigenvalue weighted by Crippen LogP contribution is -2.56. The van der Waals surface area contributed by atoms with Crippen LogP contribution in [0.5, 0.6) is 0 Å². The van der Waals surface area contributed by atoms with E-state index in [1.54, 1.807) is 0 Å². The zero-order valence-corrected chi connectivity index (χ0v) is 9.64. The van der Waals surface area contributed by atoms with E-state index in [1.807, 2.05) is 0 Å². The van der Waals surface area contributed by atoms with Crippen molar-refractivity contribution in [3.8, 4) is 0 Å². The molecule has 0 spiro atoms. The number of hydrogen-bond acceptors (Lipinski definition) is 2. The van der Waals surface area contributed by atoms with Gasteiger partial charge in [-0.15, -0.1) is 0 Å². The number of nitrogens with one attached hydrogen (secondary N) is 2. The first-order valence-electron chi connectivity index (χ1n) is 6.25. The van der Waals surface area contributed by atoms with Gasteiger partial charge in [-0.25, -0.2) is 0 Å². The van der Waals surface area contributed by atoms with Gasteiger partial charge in [-0.1, -0.05) is 12.8 Å². The van der Waals surface area contributed by atoms with Gasteiger partial charge in [0.25, 0.3) is 0 Å². The minimum absolute atomic E-state index is 0.0601. The molecule has 0 bridgehead atoms. The van der Waals surface area contributed by atoms with Gasteiger partial charge in [0.2, 0.25) is 5.91 Å². The van der Waals surface area contributed by atoms with E-state index in [0.717, 1.165) is 25.8 Å². The summed E-state index contributed by atoms with van der Waals surface area (Å²) in [6.07, 6.45) is 8.20. The van der Waals surface area contributed by atoms with Crippen molar-refractivity contribution in [2.45, 2.75) is 63.5 Å². The first kappa shape index (κ1) is 10.9. The quantitative estimate of drug-likeness (QED) is 0.726. The van der Waals surface area contributed by atoms with Crippen LogP contribution < -0.4 is 10.6 Å². The number of hydrogen-bond donors (Lipinski definition) is 2. The fraction of sp³-hybridized carbons (Fsp3) is 0.917. The Morgan fingerprint density at radius 3 is 2.73 bits per heavy atom. The van der Waals surface area contributed by atoms with Gasteiger partial charge in [0.15, 0.2) is 0 Å². The fourth-order valence-corrected chi connectivity index (χ4v) is 2.47. The standard InChI is InChI=1S/C12H22N2O/c1-12(7-5-8-12)14-11(15)10-6-3-2-4-9-13-10/h10,13H,2-9H2,1H3,(H,14,15). The lowest BCUT2D eigenvalue weighted by atomic mass is 9.78. The third kappa shape index (κ3) is 2.71. The van der Waals surface area contributed by atoms with E-state index >= 15 is 0 Å². The first-order chi connectivity index (χ1) is 7.20. The van der Waals surface area contributed by atoms with Crippen molar-refractivity contribution in [3.63, 3.8) is 0 Å². The predicted molar refractivity (Wildman–Crippen MR) is 60.7 cm³/mol. The van der Waals surface area contributed by atoms with Gasteiger partial charge in [-0.2, -0.15) is 0 Å². The van der Waals surface area contributed by atoms with Gasteiger partial charge in [-0.05, 0) is 45.6 Å². The maximum absolute atomic E-state index is 12.0. The van der Waals surface area contributed by atoms with E-state index in [0.29, 0.717) is 0 Å². The van der Waals surface area contributed by atoms with Gasteiger partial charge in [0.05, 0.1) is 6.04 Å². The molecule has 0 aromatic carbocycles. The van der Waals surface area contributed by atoms with Crippen LogP contribution in [0.25, 0.3) is 0 Å². The fourth-order valence-electron chi connectivity index (χ4n) is 2.47. The predicted octanol–water partition coefficient (Wildman–Crippen LogP) is 1.58. The summed E-state index contributed by atoms with van der Waals surface area (Å²) in [6.45, 7) is 3.15. The Labute approximate surface area is 92.0 Å². The molecule has 15 heavy (non-hydrogen) atoms. The second kappa shape index (κ2) is 4.52. The highest BCUT2D eigenvalue weighted by Gasteiger charge is 2.34. The van der Waals surface area contributed by atoms with Crippen LogP contribution in [0.3, 0.4) is 0 Å².